The summed E-state index contributed by atoms with van der Waals surface area (Å²) in [5, 5.41) is 0. The molecule has 1 aromatic carbocycles. The fraction of sp³-hybridized carbons (Fsp3) is 0.333. The first-order valence-electron chi connectivity index (χ1n) is 4.62. The van der Waals surface area contributed by atoms with E-state index < -0.39 is 0 Å². The topological polar surface area (TPSA) is 9.23 Å². The van der Waals surface area contributed by atoms with E-state index >= 15 is 0 Å². The third-order valence-corrected chi connectivity index (χ3v) is 1.63. The van der Waals surface area contributed by atoms with Gasteiger partial charge in [-0.15, -0.1) is 0 Å². The quantitative estimate of drug-likeness (QED) is 0.684. The average molecular weight is 176 g/mol. The van der Waals surface area contributed by atoms with Gasteiger partial charge in [0.15, 0.2) is 0 Å². The third kappa shape index (κ3) is 2.94. The van der Waals surface area contributed by atoms with Crippen molar-refractivity contribution in [2.75, 3.05) is 0 Å². The average Bonchev–Trinajstić information content (AvgIpc) is 2.08. The van der Waals surface area contributed by atoms with Gasteiger partial charge in [-0.05, 0) is 26.8 Å². The molecule has 0 amide bonds. The van der Waals surface area contributed by atoms with Crippen LogP contribution in [0.2, 0.25) is 0 Å². The van der Waals surface area contributed by atoms with Crippen LogP contribution in [-0.2, 0) is 0 Å². The molecule has 0 aliphatic carbocycles. The van der Waals surface area contributed by atoms with E-state index in [0.29, 0.717) is 0 Å². The maximum atomic E-state index is 5.65. The summed E-state index contributed by atoms with van der Waals surface area (Å²) in [6.07, 6.45) is 4.30. The highest BCUT2D eigenvalue weighted by molar-refractivity contribution is 5.56. The smallest absolute Gasteiger partial charge is 0.126 e. The molecule has 1 aromatic rings. The second kappa shape index (κ2) is 4.70. The first-order valence-corrected chi connectivity index (χ1v) is 4.62. The van der Waals surface area contributed by atoms with E-state index in [1.54, 1.807) is 0 Å². The lowest BCUT2D eigenvalue weighted by Crippen LogP contribution is -2.06. The van der Waals surface area contributed by atoms with E-state index in [-0.39, 0.29) is 6.10 Å². The number of benzene rings is 1. The molecule has 0 aromatic heterocycles. The minimum absolute atomic E-state index is 0.228. The van der Waals surface area contributed by atoms with Crippen LogP contribution in [0.4, 0.5) is 0 Å². The van der Waals surface area contributed by atoms with E-state index in [9.17, 15) is 0 Å². The molecule has 0 N–H and O–H groups in total. The first kappa shape index (κ1) is 9.85. The minimum atomic E-state index is 0.228. The predicted octanol–water partition coefficient (Wildman–Crippen LogP) is 3.51. The van der Waals surface area contributed by atoms with Crippen LogP contribution in [0.3, 0.4) is 0 Å². The van der Waals surface area contributed by atoms with Gasteiger partial charge in [0.25, 0.3) is 0 Å². The highest BCUT2D eigenvalue weighted by Gasteiger charge is 2.00. The molecule has 1 rings (SSSR count). The van der Waals surface area contributed by atoms with Crippen LogP contribution in [-0.4, -0.2) is 6.10 Å². The van der Waals surface area contributed by atoms with Crippen LogP contribution in [0.5, 0.6) is 5.75 Å². The summed E-state index contributed by atoms with van der Waals surface area (Å²) in [4.78, 5) is 0. The molecule has 0 fully saturated rings. The van der Waals surface area contributed by atoms with E-state index in [0.717, 1.165) is 11.3 Å². The van der Waals surface area contributed by atoms with Crippen LogP contribution in [0.25, 0.3) is 6.08 Å². The lowest BCUT2D eigenvalue weighted by Gasteiger charge is -2.11. The van der Waals surface area contributed by atoms with Gasteiger partial charge in [-0.2, -0.15) is 0 Å². The molecule has 0 atom stereocenters. The Labute approximate surface area is 80.0 Å². The van der Waals surface area contributed by atoms with Crippen molar-refractivity contribution in [3.05, 3.63) is 35.9 Å². The Morgan fingerprint density at radius 3 is 2.54 bits per heavy atom. The van der Waals surface area contributed by atoms with Crippen LogP contribution in [0, 0.1) is 0 Å². The number of hydrogen-bond donors (Lipinski definition) is 0. The molecular formula is C12H16O. The fourth-order valence-electron chi connectivity index (χ4n) is 1.16. The van der Waals surface area contributed by atoms with Crippen molar-refractivity contribution >= 4 is 6.08 Å². The molecule has 0 unspecified atom stereocenters. The van der Waals surface area contributed by atoms with Gasteiger partial charge in [-0.3, -0.25) is 0 Å². The third-order valence-electron chi connectivity index (χ3n) is 1.63. The van der Waals surface area contributed by atoms with Gasteiger partial charge in [0.1, 0.15) is 5.75 Å². The number of ether oxygens (including phenoxy) is 1. The fourth-order valence-corrected chi connectivity index (χ4v) is 1.16. The number of rotatable bonds is 3. The van der Waals surface area contributed by atoms with Crippen molar-refractivity contribution in [2.45, 2.75) is 26.9 Å². The largest absolute Gasteiger partial charge is 0.490 e. The van der Waals surface area contributed by atoms with Gasteiger partial charge in [0, 0.05) is 5.56 Å². The van der Waals surface area contributed by atoms with Crippen LogP contribution >= 0.6 is 0 Å². The molecule has 0 radical (unpaired) electrons. The monoisotopic (exact) mass is 176 g/mol. The molecule has 0 saturated heterocycles. The molecule has 0 aliphatic rings. The van der Waals surface area contributed by atoms with E-state index in [2.05, 4.69) is 12.1 Å². The van der Waals surface area contributed by atoms with Crippen LogP contribution in [0.15, 0.2) is 30.3 Å². The zero-order valence-electron chi connectivity index (χ0n) is 8.45. The summed E-state index contributed by atoms with van der Waals surface area (Å²) in [6.45, 7) is 6.07. The van der Waals surface area contributed by atoms with E-state index in [4.69, 9.17) is 4.74 Å². The number of para-hydroxylation sites is 1. The normalized spacial score (nSPS) is 11.1. The van der Waals surface area contributed by atoms with Crippen LogP contribution in [0.1, 0.15) is 26.3 Å². The van der Waals surface area contributed by atoms with Crippen molar-refractivity contribution in [2.24, 2.45) is 0 Å². The Hall–Kier alpha value is -1.24. The Kier molecular flexibility index (Phi) is 3.56. The second-order valence-corrected chi connectivity index (χ2v) is 3.20. The highest BCUT2D eigenvalue weighted by atomic mass is 16.5. The first-order chi connectivity index (χ1) is 6.24. The summed E-state index contributed by atoms with van der Waals surface area (Å²) in [5.74, 6) is 0.954. The summed E-state index contributed by atoms with van der Waals surface area (Å²) in [6, 6.07) is 8.06. The standard InChI is InChI=1S/C12H16O/c1-4-7-11-8-5-6-9-12(11)13-10(2)3/h4-10H,1-3H3/b7-4+. The summed E-state index contributed by atoms with van der Waals surface area (Å²) >= 11 is 0. The molecule has 1 heteroatoms. The van der Waals surface area contributed by atoms with Crippen molar-refractivity contribution in [3.63, 3.8) is 0 Å². The highest BCUT2D eigenvalue weighted by Crippen LogP contribution is 2.20. The Morgan fingerprint density at radius 1 is 1.23 bits per heavy atom. The second-order valence-electron chi connectivity index (χ2n) is 3.20. The lowest BCUT2D eigenvalue weighted by atomic mass is 10.2. The van der Waals surface area contributed by atoms with E-state index in [1.807, 2.05) is 45.0 Å². The van der Waals surface area contributed by atoms with Crippen molar-refractivity contribution in [1.82, 2.24) is 0 Å². The zero-order chi connectivity index (χ0) is 9.68. The molecule has 0 bridgehead atoms. The summed E-state index contributed by atoms with van der Waals surface area (Å²) in [5.41, 5.74) is 1.14. The molecule has 70 valence electrons. The van der Waals surface area contributed by atoms with Gasteiger partial charge in [-0.1, -0.05) is 30.4 Å². The molecule has 0 heterocycles. The van der Waals surface area contributed by atoms with Gasteiger partial charge in [-0.25, -0.2) is 0 Å². The molecule has 0 aliphatic heterocycles. The molecule has 0 saturated carbocycles. The Bertz CT molecular complexity index is 287. The minimum Gasteiger partial charge on any atom is -0.490 e. The zero-order valence-corrected chi connectivity index (χ0v) is 8.45. The Balaban J connectivity index is 2.90. The van der Waals surface area contributed by atoms with Crippen LogP contribution < -0.4 is 4.74 Å². The van der Waals surface area contributed by atoms with Gasteiger partial charge in [0.2, 0.25) is 0 Å². The molecule has 13 heavy (non-hydrogen) atoms. The maximum absolute atomic E-state index is 5.65. The van der Waals surface area contributed by atoms with Crippen molar-refractivity contribution < 1.29 is 4.74 Å². The van der Waals surface area contributed by atoms with E-state index in [1.165, 1.54) is 0 Å². The lowest BCUT2D eigenvalue weighted by molar-refractivity contribution is 0.242. The predicted molar refractivity (Wildman–Crippen MR) is 56.9 cm³/mol. The van der Waals surface area contributed by atoms with Gasteiger partial charge in [0.05, 0.1) is 6.10 Å². The summed E-state index contributed by atoms with van der Waals surface area (Å²) < 4.78 is 5.65. The summed E-state index contributed by atoms with van der Waals surface area (Å²) in [7, 11) is 0. The molecular weight excluding hydrogens is 160 g/mol. The number of hydrogen-bond acceptors (Lipinski definition) is 1. The Morgan fingerprint density at radius 2 is 1.92 bits per heavy atom. The van der Waals surface area contributed by atoms with Crippen molar-refractivity contribution in [3.8, 4) is 5.75 Å². The van der Waals surface area contributed by atoms with Gasteiger partial charge >= 0.3 is 0 Å². The SMILES string of the molecule is C/C=C/c1ccccc1OC(C)C. The molecule has 1 nitrogen and oxygen atoms in total. The molecule has 0 spiro atoms. The maximum Gasteiger partial charge on any atom is 0.126 e. The van der Waals surface area contributed by atoms with Gasteiger partial charge < -0.3 is 4.74 Å². The number of allylic oxidation sites excluding steroid dienone is 1. The van der Waals surface area contributed by atoms with Crippen molar-refractivity contribution in [1.29, 1.82) is 0 Å².